The van der Waals surface area contributed by atoms with Crippen LogP contribution in [-0.2, 0) is 4.79 Å². The van der Waals surface area contributed by atoms with Crippen LogP contribution in [0.5, 0.6) is 0 Å². The zero-order chi connectivity index (χ0) is 21.0. The minimum Gasteiger partial charge on any atom is -0.478 e. The van der Waals surface area contributed by atoms with E-state index in [1.807, 2.05) is 30.3 Å². The van der Waals surface area contributed by atoms with Gasteiger partial charge in [0, 0.05) is 16.3 Å². The van der Waals surface area contributed by atoms with Crippen molar-refractivity contribution in [2.24, 2.45) is 0 Å². The second kappa shape index (κ2) is 8.76. The molecule has 1 atom stereocenters. The fourth-order valence-corrected chi connectivity index (χ4v) is 3.15. The monoisotopic (exact) mass is 405 g/mol. The van der Waals surface area contributed by atoms with Crippen LogP contribution in [-0.4, -0.2) is 17.0 Å². The van der Waals surface area contributed by atoms with E-state index in [0.717, 1.165) is 22.3 Å². The molecule has 0 aliphatic carbocycles. The van der Waals surface area contributed by atoms with Crippen molar-refractivity contribution in [1.82, 2.24) is 0 Å². The number of amides is 1. The third-order valence-corrected chi connectivity index (χ3v) is 4.97. The highest BCUT2D eigenvalue weighted by molar-refractivity contribution is 6.31. The number of aromatic carboxylic acids is 1. The third-order valence-electron chi connectivity index (χ3n) is 4.74. The maximum atomic E-state index is 12.8. The van der Waals surface area contributed by atoms with E-state index in [-0.39, 0.29) is 11.5 Å². The summed E-state index contributed by atoms with van der Waals surface area (Å²) in [4.78, 5) is 23.8. The van der Waals surface area contributed by atoms with Gasteiger partial charge in [-0.1, -0.05) is 60.6 Å². The first-order chi connectivity index (χ1) is 13.9. The molecule has 146 valence electrons. The highest BCUT2D eigenvalue weighted by Gasteiger charge is 2.18. The van der Waals surface area contributed by atoms with E-state index in [2.05, 4.69) is 11.9 Å². The molecule has 0 aromatic heterocycles. The van der Waals surface area contributed by atoms with Crippen LogP contribution in [0.25, 0.3) is 5.57 Å². The van der Waals surface area contributed by atoms with Gasteiger partial charge in [-0.15, -0.1) is 0 Å². The van der Waals surface area contributed by atoms with Gasteiger partial charge in [0.1, 0.15) is 0 Å². The average Bonchev–Trinajstić information content (AvgIpc) is 2.74. The number of carbonyl (C=O) groups is 2. The molecule has 4 nitrogen and oxygen atoms in total. The van der Waals surface area contributed by atoms with E-state index in [0.29, 0.717) is 10.7 Å². The van der Waals surface area contributed by atoms with E-state index in [4.69, 9.17) is 16.7 Å². The molecule has 0 aliphatic rings. The van der Waals surface area contributed by atoms with Crippen LogP contribution in [0.2, 0.25) is 5.02 Å². The van der Waals surface area contributed by atoms with Gasteiger partial charge in [-0.25, -0.2) is 4.79 Å². The summed E-state index contributed by atoms with van der Waals surface area (Å²) in [6.07, 6.45) is 0. The molecule has 2 N–H and O–H groups in total. The van der Waals surface area contributed by atoms with Gasteiger partial charge in [0.05, 0.1) is 11.5 Å². The molecular formula is C24H20ClNO3. The van der Waals surface area contributed by atoms with Crippen LogP contribution in [0.1, 0.15) is 39.9 Å². The number of halogens is 1. The van der Waals surface area contributed by atoms with Gasteiger partial charge in [-0.2, -0.15) is 0 Å². The van der Waals surface area contributed by atoms with Gasteiger partial charge in [-0.3, -0.25) is 4.79 Å². The Hall–Kier alpha value is -3.37. The van der Waals surface area contributed by atoms with E-state index in [1.165, 1.54) is 12.1 Å². The number of carboxylic acids is 1. The van der Waals surface area contributed by atoms with Crippen molar-refractivity contribution in [2.45, 2.75) is 12.8 Å². The molecule has 5 heteroatoms. The smallest absolute Gasteiger partial charge is 0.335 e. The molecule has 3 aromatic carbocycles. The molecule has 0 saturated heterocycles. The van der Waals surface area contributed by atoms with Gasteiger partial charge < -0.3 is 10.4 Å². The number of hydrogen-bond donors (Lipinski definition) is 2. The van der Waals surface area contributed by atoms with Gasteiger partial charge in [-0.05, 0) is 54.0 Å². The number of benzene rings is 3. The molecule has 0 bridgehead atoms. The predicted octanol–water partition coefficient (Wildman–Crippen LogP) is 5.84. The zero-order valence-electron chi connectivity index (χ0n) is 15.9. The lowest BCUT2D eigenvalue weighted by Gasteiger charge is -2.17. The molecule has 29 heavy (non-hydrogen) atoms. The summed E-state index contributed by atoms with van der Waals surface area (Å²) in [6.45, 7) is 5.94. The topological polar surface area (TPSA) is 66.4 Å². The number of carbonyl (C=O) groups excluding carboxylic acids is 1. The van der Waals surface area contributed by atoms with Crippen molar-refractivity contribution >= 4 is 34.7 Å². The minimum atomic E-state index is -1.00. The Morgan fingerprint density at radius 2 is 1.62 bits per heavy atom. The maximum Gasteiger partial charge on any atom is 0.335 e. The number of hydrogen-bond acceptors (Lipinski definition) is 2. The fourth-order valence-electron chi connectivity index (χ4n) is 2.98. The van der Waals surface area contributed by atoms with Crippen LogP contribution in [0, 0.1) is 0 Å². The summed E-state index contributed by atoms with van der Waals surface area (Å²) in [5.74, 6) is -1.68. The predicted molar refractivity (Wildman–Crippen MR) is 116 cm³/mol. The number of nitrogens with one attached hydrogen (secondary N) is 1. The van der Waals surface area contributed by atoms with Crippen molar-refractivity contribution in [1.29, 1.82) is 0 Å². The lowest BCUT2D eigenvalue weighted by atomic mass is 9.96. The Labute approximate surface area is 174 Å². The lowest BCUT2D eigenvalue weighted by molar-refractivity contribution is -0.117. The van der Waals surface area contributed by atoms with Gasteiger partial charge in [0.15, 0.2) is 0 Å². The molecule has 3 rings (SSSR count). The van der Waals surface area contributed by atoms with E-state index < -0.39 is 11.9 Å². The Balaban J connectivity index is 1.85. The van der Waals surface area contributed by atoms with Gasteiger partial charge in [0.25, 0.3) is 0 Å². The van der Waals surface area contributed by atoms with E-state index in [1.54, 1.807) is 37.3 Å². The SMILES string of the molecule is C=C(c1ccccc1)c1cc(Cl)ccc1NC(=O)C(C)c1ccc(C(=O)O)cc1. The quantitative estimate of drug-likeness (QED) is 0.541. The molecule has 3 aromatic rings. The first-order valence-electron chi connectivity index (χ1n) is 9.05. The Morgan fingerprint density at radius 1 is 0.966 bits per heavy atom. The second-order valence-corrected chi connectivity index (χ2v) is 7.11. The van der Waals surface area contributed by atoms with Gasteiger partial charge in [0.2, 0.25) is 5.91 Å². The molecule has 0 heterocycles. The Bertz CT molecular complexity index is 1060. The summed E-state index contributed by atoms with van der Waals surface area (Å²) in [6, 6.07) is 21.2. The van der Waals surface area contributed by atoms with Crippen molar-refractivity contribution in [3.05, 3.63) is 107 Å². The Morgan fingerprint density at radius 3 is 2.24 bits per heavy atom. The standard InChI is InChI=1S/C24H20ClNO3/c1-15(17-6-4-3-5-7-17)21-14-20(25)12-13-22(21)26-23(27)16(2)18-8-10-19(11-9-18)24(28)29/h3-14,16H,1H2,2H3,(H,26,27)(H,28,29). The van der Waals surface area contributed by atoms with E-state index in [9.17, 15) is 9.59 Å². The third kappa shape index (κ3) is 4.73. The van der Waals surface area contributed by atoms with Gasteiger partial charge >= 0.3 is 5.97 Å². The highest BCUT2D eigenvalue weighted by Crippen LogP contribution is 2.31. The summed E-state index contributed by atoms with van der Waals surface area (Å²) >= 11 is 6.18. The van der Waals surface area contributed by atoms with E-state index >= 15 is 0 Å². The van der Waals surface area contributed by atoms with Crippen LogP contribution >= 0.6 is 11.6 Å². The summed E-state index contributed by atoms with van der Waals surface area (Å²) in [5, 5.41) is 12.5. The zero-order valence-corrected chi connectivity index (χ0v) is 16.6. The number of carboxylic acid groups (broad SMARTS) is 1. The van der Waals surface area contributed by atoms with Crippen molar-refractivity contribution < 1.29 is 14.7 Å². The second-order valence-electron chi connectivity index (χ2n) is 6.67. The maximum absolute atomic E-state index is 12.8. The Kier molecular flexibility index (Phi) is 6.15. The first-order valence-corrected chi connectivity index (χ1v) is 9.43. The van der Waals surface area contributed by atoms with Crippen LogP contribution in [0.3, 0.4) is 0 Å². The molecule has 1 unspecified atom stereocenters. The fraction of sp³-hybridized carbons (Fsp3) is 0.0833. The van der Waals surface area contributed by atoms with Crippen molar-refractivity contribution in [3.8, 4) is 0 Å². The normalized spacial score (nSPS) is 11.5. The molecule has 1 amide bonds. The van der Waals surface area contributed by atoms with Crippen LogP contribution < -0.4 is 5.32 Å². The number of rotatable bonds is 6. The minimum absolute atomic E-state index is 0.181. The largest absolute Gasteiger partial charge is 0.478 e. The highest BCUT2D eigenvalue weighted by atomic mass is 35.5. The molecule has 0 aliphatic heterocycles. The summed E-state index contributed by atoms with van der Waals surface area (Å²) < 4.78 is 0. The van der Waals surface area contributed by atoms with Crippen molar-refractivity contribution in [3.63, 3.8) is 0 Å². The molecular weight excluding hydrogens is 386 g/mol. The molecule has 0 saturated carbocycles. The molecule has 0 fully saturated rings. The lowest BCUT2D eigenvalue weighted by Crippen LogP contribution is -2.19. The average molecular weight is 406 g/mol. The van der Waals surface area contributed by atoms with Crippen molar-refractivity contribution in [2.75, 3.05) is 5.32 Å². The van der Waals surface area contributed by atoms with Crippen LogP contribution in [0.15, 0.2) is 79.4 Å². The summed E-state index contributed by atoms with van der Waals surface area (Å²) in [7, 11) is 0. The molecule has 0 radical (unpaired) electrons. The molecule has 0 spiro atoms. The van der Waals surface area contributed by atoms with Crippen LogP contribution in [0.4, 0.5) is 5.69 Å². The number of anilines is 1. The first kappa shape index (κ1) is 20.4. The summed E-state index contributed by atoms with van der Waals surface area (Å²) in [5.41, 5.74) is 3.95.